The van der Waals surface area contributed by atoms with Crippen molar-refractivity contribution in [2.75, 3.05) is 14.2 Å². The Kier molecular flexibility index (Phi) is 12.6. The zero-order valence-corrected chi connectivity index (χ0v) is 44.8. The summed E-state index contributed by atoms with van der Waals surface area (Å²) in [5, 5.41) is 4.47. The van der Waals surface area contributed by atoms with Gasteiger partial charge in [0, 0.05) is 35.1 Å². The van der Waals surface area contributed by atoms with Crippen molar-refractivity contribution in [3.63, 3.8) is 0 Å². The Bertz CT molecular complexity index is 4140. The molecule has 0 spiro atoms. The van der Waals surface area contributed by atoms with Crippen LogP contribution in [0.3, 0.4) is 0 Å². The molecule has 12 aliphatic rings. The molecule has 8 heteroatoms. The molecule has 14 heterocycles. The fraction of sp³-hybridized carbons (Fsp3) is 0.111. The first kappa shape index (κ1) is 48.5. The highest BCUT2D eigenvalue weighted by atomic mass is 16.5. The highest BCUT2D eigenvalue weighted by molar-refractivity contribution is 6.09. The largest absolute Gasteiger partial charge is 0.496 e. The zero-order chi connectivity index (χ0) is 53.5. The van der Waals surface area contributed by atoms with Crippen molar-refractivity contribution in [2.24, 2.45) is 0 Å². The number of imidazole rings is 2. The Morgan fingerprint density at radius 1 is 0.375 bits per heavy atom. The summed E-state index contributed by atoms with van der Waals surface area (Å²) in [6, 6.07) is 82.5. The lowest BCUT2D eigenvalue weighted by Gasteiger charge is -2.20. The van der Waals surface area contributed by atoms with Gasteiger partial charge in [-0.1, -0.05) is 158 Å². The summed E-state index contributed by atoms with van der Waals surface area (Å²) >= 11 is 0. The zero-order valence-electron chi connectivity index (χ0n) is 44.8. The number of fused-ring (bicyclic) bond motifs is 4. The Balaban J connectivity index is 0.842. The average Bonchev–Trinajstić information content (AvgIpc) is 4.08. The molecule has 0 amide bonds. The van der Waals surface area contributed by atoms with Gasteiger partial charge in [-0.15, -0.1) is 0 Å². The second-order valence-electron chi connectivity index (χ2n) is 20.9. The van der Waals surface area contributed by atoms with Gasteiger partial charge >= 0.3 is 0 Å². The highest BCUT2D eigenvalue weighted by Crippen LogP contribution is 2.46. The number of hydrogen-bond acceptors (Lipinski definition) is 4. The summed E-state index contributed by atoms with van der Waals surface area (Å²) in [5.41, 5.74) is 17.9. The van der Waals surface area contributed by atoms with Crippen LogP contribution in [0.5, 0.6) is 23.0 Å². The predicted molar refractivity (Wildman–Crippen MR) is 319 cm³/mol. The Labute approximate surface area is 465 Å². The second-order valence-corrected chi connectivity index (χ2v) is 20.9. The number of aromatic nitrogens is 4. The van der Waals surface area contributed by atoms with Gasteiger partial charge in [-0.05, 0) is 128 Å². The van der Waals surface area contributed by atoms with Gasteiger partial charge in [-0.3, -0.25) is 0 Å². The minimum Gasteiger partial charge on any atom is -0.496 e. The molecule has 8 nitrogen and oxygen atoms in total. The fourth-order valence-electron chi connectivity index (χ4n) is 11.8. The van der Waals surface area contributed by atoms with Gasteiger partial charge in [-0.2, -0.15) is 9.13 Å². The molecule has 0 aliphatic carbocycles. The van der Waals surface area contributed by atoms with E-state index in [9.17, 15) is 0 Å². The van der Waals surface area contributed by atoms with Gasteiger partial charge in [-0.25, -0.2) is 9.13 Å². The molecule has 0 fully saturated rings. The number of methoxy groups -OCH3 is 2. The molecule has 388 valence electrons. The van der Waals surface area contributed by atoms with E-state index >= 15 is 0 Å². The van der Waals surface area contributed by atoms with Gasteiger partial charge < -0.3 is 18.9 Å². The molecule has 80 heavy (non-hydrogen) atoms. The van der Waals surface area contributed by atoms with Crippen LogP contribution in [0.2, 0.25) is 0 Å². The average molecular weight is 1040 g/mol. The quantitative estimate of drug-likeness (QED) is 0.162. The van der Waals surface area contributed by atoms with E-state index in [4.69, 9.17) is 18.9 Å². The van der Waals surface area contributed by atoms with E-state index in [1.807, 2.05) is 0 Å². The number of para-hydroxylation sites is 4. The van der Waals surface area contributed by atoms with Crippen LogP contribution in [0.4, 0.5) is 0 Å². The summed E-state index contributed by atoms with van der Waals surface area (Å²) in [4.78, 5) is 0. The fourth-order valence-corrected chi connectivity index (χ4v) is 11.8. The van der Waals surface area contributed by atoms with Crippen molar-refractivity contribution in [2.45, 2.75) is 39.1 Å². The van der Waals surface area contributed by atoms with Crippen molar-refractivity contribution in [3.05, 3.63) is 288 Å². The Morgan fingerprint density at radius 2 is 0.750 bits per heavy atom. The lowest BCUT2D eigenvalue weighted by molar-refractivity contribution is -0.663. The summed E-state index contributed by atoms with van der Waals surface area (Å²) in [6.07, 6.45) is 5.86. The molecule has 0 saturated heterocycles. The molecule has 25 rings (SSSR count). The van der Waals surface area contributed by atoms with Crippen molar-refractivity contribution in [1.82, 2.24) is 9.13 Å². The Hall–Kier alpha value is -9.92. The maximum atomic E-state index is 6.95. The first-order chi connectivity index (χ1) is 39.5. The van der Waals surface area contributed by atoms with Gasteiger partial charge in [0.25, 0.3) is 0 Å². The SMILES string of the molecule is COc1cc2c(OC)cc1Cc1ccc(cc1)C[n+]1cn(c3ccccc31)-c1ccc(cc1)COc1ccc3ccccc3c1-c1c(ccc3ccccc13)OCc1ccc(cc1)-n1c[n+](c3ccccc31)Cc1ccc(cc1)C2. The van der Waals surface area contributed by atoms with Crippen molar-refractivity contribution >= 4 is 43.6 Å². The van der Waals surface area contributed by atoms with Crippen LogP contribution in [0.25, 0.3) is 66.1 Å². The number of hydrogen-bond donors (Lipinski definition) is 0. The molecule has 2 aromatic heterocycles. The minimum atomic E-state index is 0.386. The van der Waals surface area contributed by atoms with Crippen LogP contribution < -0.4 is 28.1 Å². The van der Waals surface area contributed by atoms with Gasteiger partial charge in [0.05, 0.1) is 14.2 Å². The van der Waals surface area contributed by atoms with E-state index in [2.05, 4.69) is 261 Å². The first-order valence-electron chi connectivity index (χ1n) is 27.4. The number of ether oxygens (including phenoxy) is 4. The normalized spacial score (nSPS) is 12.8. The van der Waals surface area contributed by atoms with E-state index < -0.39 is 0 Å². The monoisotopic (exact) mass is 1040 g/mol. The molecular formula is C72H58N4O4+2. The third kappa shape index (κ3) is 9.24. The van der Waals surface area contributed by atoms with Crippen molar-refractivity contribution in [1.29, 1.82) is 0 Å². The van der Waals surface area contributed by atoms with Crippen molar-refractivity contribution in [3.8, 4) is 45.5 Å². The van der Waals surface area contributed by atoms with Crippen LogP contribution in [0.1, 0.15) is 44.5 Å². The topological polar surface area (TPSA) is 54.5 Å². The molecular weight excluding hydrogens is 985 g/mol. The standard InChI is InChI=1S/C72H58N4O4/c1-77-69-41-58-40-50-21-25-52(26-22-50)44-74-48-76(66-18-10-8-16-64(66)74)60-35-29-54(30-36-60)46-80-68-38-32-56-12-4-6-14-62(56)72(68)71-61-13-5-3-11-55(61)31-37-67(71)79-45-53-27-33-59(34-28-53)75-47-73(63-15-7-9-17-65(63)75)43-51-23-19-49(20-24-51)39-57(69)42-70(58)78-2/h3-38,41-42,47-48H,39-40,43-46H2,1-2H3/q+2. The number of rotatable bonds is 2. The van der Waals surface area contributed by atoms with Gasteiger partial charge in [0.1, 0.15) is 60.7 Å². The summed E-state index contributed by atoms with van der Waals surface area (Å²) < 4.78 is 35.2. The van der Waals surface area contributed by atoms with Crippen molar-refractivity contribution < 1.29 is 28.1 Å². The molecule has 14 bridgehead atoms. The third-order valence-electron chi connectivity index (χ3n) is 15.9. The molecule has 0 unspecified atom stereocenters. The number of benzene rings is 11. The predicted octanol–water partition coefficient (Wildman–Crippen LogP) is 14.9. The minimum absolute atomic E-state index is 0.386. The molecule has 0 radical (unpaired) electrons. The highest BCUT2D eigenvalue weighted by Gasteiger charge is 2.23. The van der Waals surface area contributed by atoms with Crippen LogP contribution >= 0.6 is 0 Å². The molecule has 12 aliphatic heterocycles. The lowest BCUT2D eigenvalue weighted by atomic mass is 9.92. The van der Waals surface area contributed by atoms with E-state index in [0.717, 1.165) is 124 Å². The third-order valence-corrected chi connectivity index (χ3v) is 15.9. The number of nitrogens with zero attached hydrogens (tertiary/aromatic N) is 4. The Morgan fingerprint density at radius 3 is 1.18 bits per heavy atom. The molecule has 11 aromatic carbocycles. The summed E-state index contributed by atoms with van der Waals surface area (Å²) in [7, 11) is 3.51. The maximum absolute atomic E-state index is 6.95. The smallest absolute Gasteiger partial charge is 0.250 e. The second kappa shape index (κ2) is 20.8. The van der Waals surface area contributed by atoms with Crippen LogP contribution in [0.15, 0.2) is 243 Å². The molecule has 0 atom stereocenters. The maximum Gasteiger partial charge on any atom is 0.250 e. The van der Waals surface area contributed by atoms with Crippen LogP contribution in [-0.2, 0) is 39.1 Å². The van der Waals surface area contributed by atoms with Crippen LogP contribution in [-0.4, -0.2) is 23.4 Å². The molecule has 0 N–H and O–H groups in total. The van der Waals surface area contributed by atoms with E-state index in [-0.39, 0.29) is 0 Å². The first-order valence-corrected chi connectivity index (χ1v) is 27.4. The van der Waals surface area contributed by atoms with Gasteiger partial charge in [0.2, 0.25) is 12.7 Å². The van der Waals surface area contributed by atoms with Crippen LogP contribution in [0, 0.1) is 0 Å². The lowest BCUT2D eigenvalue weighted by Crippen LogP contribution is -2.32. The van der Waals surface area contributed by atoms with E-state index in [1.165, 1.54) is 22.3 Å². The summed E-state index contributed by atoms with van der Waals surface area (Å²) in [5.74, 6) is 3.30. The summed E-state index contributed by atoms with van der Waals surface area (Å²) in [6.45, 7) is 2.22. The van der Waals surface area contributed by atoms with E-state index in [0.29, 0.717) is 26.1 Å². The molecule has 13 aromatic rings. The van der Waals surface area contributed by atoms with Gasteiger partial charge in [0.15, 0.2) is 22.1 Å². The van der Waals surface area contributed by atoms with E-state index in [1.54, 1.807) is 14.2 Å². The molecule has 0 saturated carbocycles.